The van der Waals surface area contributed by atoms with E-state index in [2.05, 4.69) is 5.32 Å². The summed E-state index contributed by atoms with van der Waals surface area (Å²) in [5, 5.41) is 13.9. The zero-order valence-corrected chi connectivity index (χ0v) is 4.39. The van der Waals surface area contributed by atoms with Gasteiger partial charge in [0.15, 0.2) is 6.54 Å². The van der Waals surface area contributed by atoms with Crippen LogP contribution in [-0.4, -0.2) is 25.5 Å². The molecule has 1 aliphatic heterocycles. The van der Waals surface area contributed by atoms with Gasteiger partial charge in [0.2, 0.25) is 0 Å². The van der Waals surface area contributed by atoms with Crippen LogP contribution >= 0.6 is 0 Å². The molecular weight excluding hydrogens is 108 g/mol. The molecule has 45 valence electrons. The topological polar surface area (TPSA) is 58.7 Å². The van der Waals surface area contributed by atoms with Crippen molar-refractivity contribution in [2.24, 2.45) is 0 Å². The summed E-state index contributed by atoms with van der Waals surface area (Å²) in [4.78, 5) is 10.3. The molecule has 0 aliphatic carbocycles. The summed E-state index contributed by atoms with van der Waals surface area (Å²) in [7, 11) is 0. The van der Waals surface area contributed by atoms with Crippen LogP contribution in [-0.2, 0) is 4.79 Å². The van der Waals surface area contributed by atoms with Crippen LogP contribution in [0.15, 0.2) is 0 Å². The predicted octanol–water partition coefficient (Wildman–Crippen LogP) is -2.49. The second-order valence-corrected chi connectivity index (χ2v) is 1.74. The van der Waals surface area contributed by atoms with Crippen molar-refractivity contribution in [2.45, 2.75) is 0 Å². The first kappa shape index (κ1) is 5.53. The van der Waals surface area contributed by atoms with E-state index in [1.54, 1.807) is 0 Å². The van der Waals surface area contributed by atoms with Gasteiger partial charge >= 0.3 is 0 Å². The second-order valence-electron chi connectivity index (χ2n) is 1.74. The third kappa shape index (κ3) is 1.18. The summed E-state index contributed by atoms with van der Waals surface area (Å²) in [6, 6.07) is 0. The normalized spacial score (nSPS) is 29.6. The third-order valence-corrected chi connectivity index (χ3v) is 1.03. The largest absolute Gasteiger partial charge is 0.634 e. The Morgan fingerprint density at radius 1 is 1.75 bits per heavy atom. The average molecular weight is 115 g/mol. The lowest BCUT2D eigenvalue weighted by Gasteiger charge is -2.24. The maximum atomic E-state index is 10.4. The Kier molecular flexibility index (Phi) is 1.45. The molecular formula is C4H7N2O2. The zero-order chi connectivity index (χ0) is 5.98. The number of rotatable bonds is 0. The van der Waals surface area contributed by atoms with E-state index in [0.717, 1.165) is 0 Å². The monoisotopic (exact) mass is 115 g/mol. The van der Waals surface area contributed by atoms with Crippen molar-refractivity contribution in [3.05, 3.63) is 5.21 Å². The van der Waals surface area contributed by atoms with Crippen LogP contribution in [0, 0.1) is 5.21 Å². The molecule has 1 amide bonds. The Morgan fingerprint density at radius 3 is 2.88 bits per heavy atom. The van der Waals surface area contributed by atoms with Crippen LogP contribution in [0.1, 0.15) is 0 Å². The summed E-state index contributed by atoms with van der Waals surface area (Å²) in [5.74, 6) is -0.263. The molecule has 0 bridgehead atoms. The minimum absolute atomic E-state index is 0.0185. The molecule has 0 saturated carbocycles. The lowest BCUT2D eigenvalue weighted by molar-refractivity contribution is -0.840. The third-order valence-electron chi connectivity index (χ3n) is 1.03. The van der Waals surface area contributed by atoms with E-state index in [1.807, 2.05) is 0 Å². The molecule has 1 rings (SSSR count). The molecule has 4 nitrogen and oxygen atoms in total. The van der Waals surface area contributed by atoms with Crippen LogP contribution in [0.4, 0.5) is 0 Å². The number of carbonyl (C=O) groups excluding carboxylic acids is 1. The molecule has 1 atom stereocenters. The minimum Gasteiger partial charge on any atom is -0.634 e. The van der Waals surface area contributed by atoms with Gasteiger partial charge in [-0.1, -0.05) is 0 Å². The van der Waals surface area contributed by atoms with Crippen molar-refractivity contribution in [1.82, 2.24) is 5.32 Å². The highest BCUT2D eigenvalue weighted by Crippen LogP contribution is 1.67. The van der Waals surface area contributed by atoms with Gasteiger partial charge in [0.05, 0.1) is 13.1 Å². The highest BCUT2D eigenvalue weighted by atomic mass is 16.5. The molecule has 0 aromatic rings. The Balaban J connectivity index is 2.34. The smallest absolute Gasteiger partial charge is 0.296 e. The maximum Gasteiger partial charge on any atom is 0.296 e. The molecule has 0 aromatic carbocycles. The van der Waals surface area contributed by atoms with Crippen molar-refractivity contribution in [1.29, 1.82) is 0 Å². The van der Waals surface area contributed by atoms with Gasteiger partial charge in [0, 0.05) is 0 Å². The number of nitrogens with zero attached hydrogens (tertiary/aromatic N) is 1. The molecule has 1 aliphatic rings. The zero-order valence-electron chi connectivity index (χ0n) is 4.39. The molecule has 4 heteroatoms. The van der Waals surface area contributed by atoms with Gasteiger partial charge in [0.25, 0.3) is 5.91 Å². The molecule has 1 saturated heterocycles. The predicted molar refractivity (Wildman–Crippen MR) is 26.1 cm³/mol. The molecule has 0 aromatic heterocycles. The van der Waals surface area contributed by atoms with Crippen molar-refractivity contribution in [3.63, 3.8) is 0 Å². The first-order valence-electron chi connectivity index (χ1n) is 2.51. The van der Waals surface area contributed by atoms with Crippen molar-refractivity contribution >= 4 is 5.91 Å². The van der Waals surface area contributed by atoms with E-state index in [9.17, 15) is 10.0 Å². The molecule has 1 radical (unpaired) electrons. The lowest BCUT2D eigenvalue weighted by Crippen LogP contribution is -3.10. The van der Waals surface area contributed by atoms with Gasteiger partial charge in [-0.15, -0.1) is 0 Å². The Labute approximate surface area is 47.0 Å². The number of hydrogen-bond acceptors (Lipinski definition) is 2. The first-order chi connectivity index (χ1) is 3.79. The first-order valence-corrected chi connectivity index (χ1v) is 2.51. The summed E-state index contributed by atoms with van der Waals surface area (Å²) in [5.41, 5.74) is 0. The SMILES string of the molecule is O=C1C[NH+]([O-])CC[N]1. The van der Waals surface area contributed by atoms with E-state index in [1.165, 1.54) is 0 Å². The summed E-state index contributed by atoms with van der Waals surface area (Å²) >= 11 is 0. The fourth-order valence-electron chi connectivity index (χ4n) is 0.618. The van der Waals surface area contributed by atoms with Crippen LogP contribution in [0.2, 0.25) is 0 Å². The Hall–Kier alpha value is -0.610. The van der Waals surface area contributed by atoms with E-state index in [-0.39, 0.29) is 17.5 Å². The highest BCUT2D eigenvalue weighted by molar-refractivity contribution is 5.76. The van der Waals surface area contributed by atoms with Gasteiger partial charge < -0.3 is 10.3 Å². The molecule has 1 fully saturated rings. The van der Waals surface area contributed by atoms with Crippen molar-refractivity contribution in [2.75, 3.05) is 19.6 Å². The molecule has 8 heavy (non-hydrogen) atoms. The van der Waals surface area contributed by atoms with Crippen LogP contribution in [0.3, 0.4) is 0 Å². The Morgan fingerprint density at radius 2 is 2.50 bits per heavy atom. The second kappa shape index (κ2) is 2.11. The lowest BCUT2D eigenvalue weighted by atomic mass is 10.4. The highest BCUT2D eigenvalue weighted by Gasteiger charge is 2.13. The molecule has 1 unspecified atom stereocenters. The van der Waals surface area contributed by atoms with E-state index in [4.69, 9.17) is 0 Å². The average Bonchev–Trinajstić information content (AvgIpc) is 1.64. The summed E-state index contributed by atoms with van der Waals surface area (Å²) in [6.07, 6.45) is 0. The van der Waals surface area contributed by atoms with Crippen LogP contribution in [0.5, 0.6) is 0 Å². The van der Waals surface area contributed by atoms with E-state index in [0.29, 0.717) is 13.1 Å². The number of nitrogens with one attached hydrogen (secondary N) is 1. The molecule has 1 heterocycles. The van der Waals surface area contributed by atoms with Crippen molar-refractivity contribution in [3.8, 4) is 0 Å². The number of amides is 1. The van der Waals surface area contributed by atoms with Gasteiger partial charge in [-0.05, 0) is 0 Å². The Bertz CT molecular complexity index is 104. The van der Waals surface area contributed by atoms with Gasteiger partial charge in [-0.3, -0.25) is 4.79 Å². The fourth-order valence-corrected chi connectivity index (χ4v) is 0.618. The van der Waals surface area contributed by atoms with Gasteiger partial charge in [-0.25, -0.2) is 5.32 Å². The maximum absolute atomic E-state index is 10.4. The number of quaternary nitrogens is 1. The molecule has 1 N–H and O–H groups in total. The quantitative estimate of drug-likeness (QED) is 0.355. The van der Waals surface area contributed by atoms with Crippen molar-refractivity contribution < 1.29 is 9.86 Å². The summed E-state index contributed by atoms with van der Waals surface area (Å²) in [6.45, 7) is 0.878. The minimum atomic E-state index is -0.263. The molecule has 0 spiro atoms. The number of carbonyl (C=O) groups is 1. The number of piperazine rings is 1. The van der Waals surface area contributed by atoms with Crippen LogP contribution in [0.25, 0.3) is 0 Å². The summed E-state index contributed by atoms with van der Waals surface area (Å²) < 4.78 is 0. The van der Waals surface area contributed by atoms with Gasteiger partial charge in [0.1, 0.15) is 0 Å². The fraction of sp³-hybridized carbons (Fsp3) is 0.750. The van der Waals surface area contributed by atoms with Crippen LogP contribution < -0.4 is 10.4 Å². The number of hydroxylamine groups is 2. The van der Waals surface area contributed by atoms with E-state index < -0.39 is 0 Å². The van der Waals surface area contributed by atoms with Gasteiger partial charge in [-0.2, -0.15) is 0 Å². The standard InChI is InChI=1S/C4H7N2O2/c7-4-3-6(8)2-1-5-4/h6H,1-3H2. The van der Waals surface area contributed by atoms with E-state index >= 15 is 0 Å². The number of hydrogen-bond donors (Lipinski definition) is 1.